The van der Waals surface area contributed by atoms with Crippen LogP contribution in [0.25, 0.3) is 0 Å². The largest absolute Gasteiger partial charge is 0.488 e. The van der Waals surface area contributed by atoms with Crippen molar-refractivity contribution in [2.24, 2.45) is 5.92 Å². The van der Waals surface area contributed by atoms with Gasteiger partial charge in [-0.2, -0.15) is 0 Å². The van der Waals surface area contributed by atoms with Gasteiger partial charge in [-0.25, -0.2) is 13.2 Å². The Bertz CT molecular complexity index is 1580. The second kappa shape index (κ2) is 12.7. The summed E-state index contributed by atoms with van der Waals surface area (Å²) in [6.07, 6.45) is -0.604. The Morgan fingerprint density at radius 2 is 1.88 bits per heavy atom. The van der Waals surface area contributed by atoms with Crippen LogP contribution < -0.4 is 24.2 Å². The van der Waals surface area contributed by atoms with Crippen LogP contribution in [0.1, 0.15) is 19.4 Å². The summed E-state index contributed by atoms with van der Waals surface area (Å²) < 4.78 is 45.6. The van der Waals surface area contributed by atoms with Gasteiger partial charge in [0.15, 0.2) is 11.5 Å². The van der Waals surface area contributed by atoms with Gasteiger partial charge in [0.05, 0.1) is 25.6 Å². The van der Waals surface area contributed by atoms with Crippen molar-refractivity contribution in [1.29, 1.82) is 0 Å². The van der Waals surface area contributed by atoms with Gasteiger partial charge in [-0.3, -0.25) is 9.52 Å². The van der Waals surface area contributed by atoms with Gasteiger partial charge < -0.3 is 34.4 Å². The number of ether oxygens (including phenoxy) is 3. The van der Waals surface area contributed by atoms with Crippen molar-refractivity contribution in [2.75, 3.05) is 43.6 Å². The quantitative estimate of drug-likeness (QED) is 0.342. The topological polar surface area (TPSA) is 147 Å². The number of urea groups is 1. The summed E-state index contributed by atoms with van der Waals surface area (Å²) in [5, 5.41) is 14.4. The molecule has 5 rings (SSSR count). The van der Waals surface area contributed by atoms with E-state index in [9.17, 15) is 23.1 Å². The highest BCUT2D eigenvalue weighted by Crippen LogP contribution is 2.34. The lowest BCUT2D eigenvalue weighted by molar-refractivity contribution is -0.134. The molecule has 2 aliphatic heterocycles. The first-order chi connectivity index (χ1) is 20.5. The van der Waals surface area contributed by atoms with E-state index in [-0.39, 0.29) is 60.7 Å². The standard InChI is InChI=1S/C29H34N4O8S2/c1-18-14-33(19(2)16-34)27(35)12-20-11-22(31-43(37,38)28-5-4-10-42-28)7-8-23(20)41-26(18)15-32(3)29(36)30-21-6-9-24-25(13-21)40-17-39-24/h4-11,13,18-19,26,31,34H,12,14-17H2,1-3H3,(H,30,36)/t18-,19-,26-/m1/s1. The number of rotatable bonds is 8. The minimum absolute atomic E-state index is 0.0614. The normalized spacial score (nSPS) is 18.9. The summed E-state index contributed by atoms with van der Waals surface area (Å²) in [5.41, 5.74) is 1.31. The number of nitrogens with zero attached hydrogens (tertiary/aromatic N) is 2. The lowest BCUT2D eigenvalue weighted by Crippen LogP contribution is -2.48. The smallest absolute Gasteiger partial charge is 0.321 e. The highest BCUT2D eigenvalue weighted by atomic mass is 32.2. The van der Waals surface area contributed by atoms with E-state index in [1.165, 1.54) is 11.0 Å². The number of fused-ring (bicyclic) bond motifs is 2. The Hall–Kier alpha value is -4.01. The Morgan fingerprint density at radius 1 is 1.14 bits per heavy atom. The molecule has 0 saturated heterocycles. The fourth-order valence-corrected chi connectivity index (χ4v) is 6.92. The van der Waals surface area contributed by atoms with Crippen molar-refractivity contribution >= 4 is 44.7 Å². The second-order valence-electron chi connectivity index (χ2n) is 10.6. The summed E-state index contributed by atoms with van der Waals surface area (Å²) in [5.74, 6) is 1.10. The fourth-order valence-electron chi connectivity index (χ4n) is 4.88. The van der Waals surface area contributed by atoms with Gasteiger partial charge in [-0.1, -0.05) is 13.0 Å². The Labute approximate surface area is 254 Å². The third kappa shape index (κ3) is 6.98. The SMILES string of the molecule is C[C@@H]1CN([C@H](C)CO)C(=O)Cc2cc(NS(=O)(=O)c3cccs3)ccc2O[C@@H]1CN(C)C(=O)Nc1ccc2c(c1)OCO2. The zero-order valence-corrected chi connectivity index (χ0v) is 25.6. The van der Waals surface area contributed by atoms with Gasteiger partial charge in [0.2, 0.25) is 12.7 Å². The predicted octanol–water partition coefficient (Wildman–Crippen LogP) is 3.59. The van der Waals surface area contributed by atoms with E-state index in [0.717, 1.165) is 11.3 Å². The van der Waals surface area contributed by atoms with Crippen LogP contribution in [-0.4, -0.2) is 80.9 Å². The van der Waals surface area contributed by atoms with E-state index in [4.69, 9.17) is 14.2 Å². The molecule has 0 spiro atoms. The highest BCUT2D eigenvalue weighted by molar-refractivity contribution is 7.94. The zero-order valence-electron chi connectivity index (χ0n) is 24.0. The molecule has 14 heteroatoms. The molecule has 0 unspecified atom stereocenters. The molecule has 0 fully saturated rings. The van der Waals surface area contributed by atoms with Gasteiger partial charge in [0.25, 0.3) is 10.0 Å². The van der Waals surface area contributed by atoms with Crippen LogP contribution in [0, 0.1) is 5.92 Å². The number of aliphatic hydroxyl groups excluding tert-OH is 1. The zero-order chi connectivity index (χ0) is 30.7. The number of sulfonamides is 1. The van der Waals surface area contributed by atoms with Crippen LogP contribution >= 0.6 is 11.3 Å². The first kappa shape index (κ1) is 30.4. The van der Waals surface area contributed by atoms with Gasteiger partial charge >= 0.3 is 6.03 Å². The molecule has 0 radical (unpaired) electrons. The Morgan fingerprint density at radius 3 is 2.63 bits per heavy atom. The van der Waals surface area contributed by atoms with Crippen LogP contribution in [-0.2, 0) is 21.2 Å². The lowest BCUT2D eigenvalue weighted by Gasteiger charge is -2.34. The van der Waals surface area contributed by atoms with E-state index in [1.54, 1.807) is 66.7 Å². The molecule has 3 aromatic rings. The molecular formula is C29H34N4O8S2. The molecule has 0 bridgehead atoms. The minimum Gasteiger partial charge on any atom is -0.488 e. The maximum Gasteiger partial charge on any atom is 0.321 e. The van der Waals surface area contributed by atoms with Crippen LogP contribution in [0.4, 0.5) is 16.2 Å². The van der Waals surface area contributed by atoms with Gasteiger partial charge in [-0.15, -0.1) is 11.3 Å². The maximum absolute atomic E-state index is 13.5. The third-order valence-electron chi connectivity index (χ3n) is 7.35. The fraction of sp³-hybridized carbons (Fsp3) is 0.379. The summed E-state index contributed by atoms with van der Waals surface area (Å²) in [6.45, 7) is 4.05. The molecule has 12 nitrogen and oxygen atoms in total. The molecule has 43 heavy (non-hydrogen) atoms. The molecule has 3 atom stereocenters. The Balaban J connectivity index is 1.38. The van der Waals surface area contributed by atoms with Crippen molar-refractivity contribution in [3.63, 3.8) is 0 Å². The number of nitrogens with one attached hydrogen (secondary N) is 2. The summed E-state index contributed by atoms with van der Waals surface area (Å²) >= 11 is 1.10. The van der Waals surface area contributed by atoms with Crippen molar-refractivity contribution in [3.05, 3.63) is 59.5 Å². The average Bonchev–Trinajstić information content (AvgIpc) is 3.69. The number of anilines is 2. The minimum atomic E-state index is -3.80. The van der Waals surface area contributed by atoms with Crippen molar-refractivity contribution in [2.45, 2.75) is 36.6 Å². The molecule has 3 heterocycles. The molecule has 2 aliphatic rings. The number of hydrogen-bond acceptors (Lipinski definition) is 9. The van der Waals surface area contributed by atoms with Crippen molar-refractivity contribution in [3.8, 4) is 17.2 Å². The molecule has 3 amide bonds. The molecule has 3 N–H and O–H groups in total. The molecule has 1 aromatic heterocycles. The van der Waals surface area contributed by atoms with Crippen LogP contribution in [0.3, 0.4) is 0 Å². The monoisotopic (exact) mass is 630 g/mol. The van der Waals surface area contributed by atoms with Crippen molar-refractivity contribution in [1.82, 2.24) is 9.80 Å². The Kier molecular flexibility index (Phi) is 8.99. The highest BCUT2D eigenvalue weighted by Gasteiger charge is 2.32. The van der Waals surface area contributed by atoms with E-state index in [1.807, 2.05) is 6.92 Å². The number of carbonyl (C=O) groups is 2. The van der Waals surface area contributed by atoms with E-state index in [2.05, 4.69) is 10.0 Å². The third-order valence-corrected chi connectivity index (χ3v) is 10.1. The number of likely N-dealkylation sites (N-methyl/N-ethyl adjacent to an activating group) is 1. The van der Waals surface area contributed by atoms with Gasteiger partial charge in [0, 0.05) is 42.5 Å². The number of carbonyl (C=O) groups excluding carboxylic acids is 2. The van der Waals surface area contributed by atoms with Crippen molar-refractivity contribution < 1.29 is 37.3 Å². The second-order valence-corrected chi connectivity index (χ2v) is 13.5. The summed E-state index contributed by atoms with van der Waals surface area (Å²) in [4.78, 5) is 29.7. The van der Waals surface area contributed by atoms with Crippen LogP contribution in [0.5, 0.6) is 17.2 Å². The molecule has 230 valence electrons. The number of hydrogen-bond donors (Lipinski definition) is 3. The summed E-state index contributed by atoms with van der Waals surface area (Å²) in [7, 11) is -2.16. The first-order valence-corrected chi connectivity index (χ1v) is 16.1. The molecule has 0 saturated carbocycles. The number of thiophene rings is 1. The van der Waals surface area contributed by atoms with Crippen LogP contribution in [0.2, 0.25) is 0 Å². The van der Waals surface area contributed by atoms with E-state index < -0.39 is 22.2 Å². The summed E-state index contributed by atoms with van der Waals surface area (Å²) in [6, 6.07) is 12.3. The maximum atomic E-state index is 13.5. The van der Waals surface area contributed by atoms with Gasteiger partial charge in [-0.05, 0) is 48.7 Å². The van der Waals surface area contributed by atoms with E-state index in [0.29, 0.717) is 28.5 Å². The lowest BCUT2D eigenvalue weighted by atomic mass is 10.0. The number of benzene rings is 2. The molecule has 0 aliphatic carbocycles. The number of amides is 3. The first-order valence-electron chi connectivity index (χ1n) is 13.7. The average molecular weight is 631 g/mol. The van der Waals surface area contributed by atoms with Gasteiger partial charge in [0.1, 0.15) is 16.1 Å². The predicted molar refractivity (Wildman–Crippen MR) is 161 cm³/mol. The molecule has 2 aromatic carbocycles. The molecular weight excluding hydrogens is 596 g/mol. The van der Waals surface area contributed by atoms with E-state index >= 15 is 0 Å². The number of aliphatic hydroxyl groups is 1. The van der Waals surface area contributed by atoms with Crippen LogP contribution in [0.15, 0.2) is 58.1 Å².